The normalized spacial score (nSPS) is 30.8. The molecule has 2 aliphatic rings. The number of rotatable bonds is 5. The van der Waals surface area contributed by atoms with E-state index in [0.717, 1.165) is 13.0 Å². The summed E-state index contributed by atoms with van der Waals surface area (Å²) in [5.74, 6) is 1.12. The van der Waals surface area contributed by atoms with Gasteiger partial charge in [0.15, 0.2) is 0 Å². The van der Waals surface area contributed by atoms with Crippen molar-refractivity contribution in [2.45, 2.75) is 38.8 Å². The molecule has 1 aromatic heterocycles. The van der Waals surface area contributed by atoms with Crippen molar-refractivity contribution in [1.29, 1.82) is 0 Å². The molecule has 1 saturated heterocycles. The molecule has 6 heteroatoms. The van der Waals surface area contributed by atoms with Crippen molar-refractivity contribution < 1.29 is 18.8 Å². The molecule has 21 heavy (non-hydrogen) atoms. The van der Waals surface area contributed by atoms with Crippen LogP contribution >= 0.6 is 0 Å². The van der Waals surface area contributed by atoms with Gasteiger partial charge in [-0.1, -0.05) is 12.1 Å². The van der Waals surface area contributed by atoms with Crippen LogP contribution in [-0.2, 0) is 15.9 Å². The summed E-state index contributed by atoms with van der Waals surface area (Å²) in [6, 6.07) is 0.115. The Morgan fingerprint density at radius 1 is 1.52 bits per heavy atom. The Morgan fingerprint density at radius 3 is 3.05 bits per heavy atom. The quantitative estimate of drug-likeness (QED) is 0.886. The van der Waals surface area contributed by atoms with E-state index in [1.807, 2.05) is 6.92 Å². The summed E-state index contributed by atoms with van der Waals surface area (Å²) < 4.78 is 16.1. The number of amides is 1. The standard InChI is InChI=1S/C15H22N2O4/c1-4-11-12(8(2)21-17-11)15(18)16-13-9-5-6-20-14(9)10(13)7-19-3/h9-10,13-14H,4-7H2,1-3H3,(H,16,18)/t9-,10-,13-,14-/m1/s1. The number of aromatic nitrogens is 1. The second-order valence-electron chi connectivity index (χ2n) is 5.82. The average molecular weight is 294 g/mol. The maximum absolute atomic E-state index is 12.6. The monoisotopic (exact) mass is 294 g/mol. The van der Waals surface area contributed by atoms with Crippen LogP contribution in [0.4, 0.5) is 0 Å². The molecular weight excluding hydrogens is 272 g/mol. The Morgan fingerprint density at radius 2 is 2.33 bits per heavy atom. The van der Waals surface area contributed by atoms with Crippen LogP contribution in [-0.4, -0.2) is 43.5 Å². The van der Waals surface area contributed by atoms with Gasteiger partial charge >= 0.3 is 0 Å². The molecule has 1 aliphatic carbocycles. The zero-order chi connectivity index (χ0) is 15.0. The molecule has 1 aliphatic heterocycles. The largest absolute Gasteiger partial charge is 0.384 e. The number of carbonyl (C=O) groups excluding carboxylic acids is 1. The zero-order valence-electron chi connectivity index (χ0n) is 12.7. The van der Waals surface area contributed by atoms with Crippen LogP contribution in [0.1, 0.15) is 35.2 Å². The number of nitrogens with zero attached hydrogens (tertiary/aromatic N) is 1. The minimum atomic E-state index is -0.0953. The van der Waals surface area contributed by atoms with Crippen molar-refractivity contribution in [3.63, 3.8) is 0 Å². The molecule has 1 aromatic rings. The molecule has 3 rings (SSSR count). The highest BCUT2D eigenvalue weighted by Gasteiger charge is 2.54. The lowest BCUT2D eigenvalue weighted by Crippen LogP contribution is -2.62. The van der Waals surface area contributed by atoms with E-state index < -0.39 is 0 Å². The van der Waals surface area contributed by atoms with Gasteiger partial charge in [-0.2, -0.15) is 0 Å². The summed E-state index contributed by atoms with van der Waals surface area (Å²) in [7, 11) is 1.68. The third-order valence-corrected chi connectivity index (χ3v) is 4.68. The number of fused-ring (bicyclic) bond motifs is 1. The molecule has 0 unspecified atom stereocenters. The van der Waals surface area contributed by atoms with Gasteiger partial charge < -0.3 is 19.3 Å². The van der Waals surface area contributed by atoms with Crippen molar-refractivity contribution in [2.24, 2.45) is 11.8 Å². The highest BCUT2D eigenvalue weighted by atomic mass is 16.5. The molecule has 116 valence electrons. The lowest BCUT2D eigenvalue weighted by atomic mass is 9.67. The molecule has 6 nitrogen and oxygen atoms in total. The van der Waals surface area contributed by atoms with Crippen molar-refractivity contribution in [2.75, 3.05) is 20.3 Å². The van der Waals surface area contributed by atoms with Crippen molar-refractivity contribution in [3.8, 4) is 0 Å². The molecule has 4 atom stereocenters. The summed E-state index contributed by atoms with van der Waals surface area (Å²) >= 11 is 0. The molecule has 1 amide bonds. The van der Waals surface area contributed by atoms with Crippen molar-refractivity contribution in [3.05, 3.63) is 17.0 Å². The predicted molar refractivity (Wildman–Crippen MR) is 75.1 cm³/mol. The summed E-state index contributed by atoms with van der Waals surface area (Å²) in [6.07, 6.45) is 1.91. The number of hydrogen-bond acceptors (Lipinski definition) is 5. The molecule has 0 radical (unpaired) electrons. The maximum Gasteiger partial charge on any atom is 0.257 e. The van der Waals surface area contributed by atoms with Crippen LogP contribution in [0.15, 0.2) is 4.52 Å². The molecule has 2 fully saturated rings. The Bertz CT molecular complexity index is 528. The fourth-order valence-electron chi connectivity index (χ4n) is 3.61. The zero-order valence-corrected chi connectivity index (χ0v) is 12.7. The van der Waals surface area contributed by atoms with E-state index >= 15 is 0 Å². The van der Waals surface area contributed by atoms with Gasteiger partial charge in [-0.3, -0.25) is 4.79 Å². The van der Waals surface area contributed by atoms with Gasteiger partial charge in [-0.05, 0) is 19.8 Å². The minimum absolute atomic E-state index is 0.0953. The van der Waals surface area contributed by atoms with E-state index in [1.54, 1.807) is 14.0 Å². The molecule has 1 N–H and O–H groups in total. The number of carbonyl (C=O) groups is 1. The van der Waals surface area contributed by atoms with E-state index in [1.165, 1.54) is 0 Å². The van der Waals surface area contributed by atoms with Crippen molar-refractivity contribution in [1.82, 2.24) is 10.5 Å². The van der Waals surface area contributed by atoms with E-state index in [-0.39, 0.29) is 24.0 Å². The smallest absolute Gasteiger partial charge is 0.257 e. The first kappa shape index (κ1) is 14.5. The summed E-state index contributed by atoms with van der Waals surface area (Å²) in [6.45, 7) is 5.12. The first-order valence-corrected chi connectivity index (χ1v) is 7.53. The van der Waals surface area contributed by atoms with E-state index in [2.05, 4.69) is 10.5 Å². The van der Waals surface area contributed by atoms with Gasteiger partial charge in [0.05, 0.1) is 18.4 Å². The SMILES string of the molecule is CCc1noc(C)c1C(=O)N[C@@H]1[C@H]2CCO[C@H]2[C@@H]1COC. The lowest BCUT2D eigenvalue weighted by molar-refractivity contribution is -0.0809. The number of nitrogens with one attached hydrogen (secondary N) is 1. The number of aryl methyl sites for hydroxylation is 2. The maximum atomic E-state index is 12.6. The predicted octanol–water partition coefficient (Wildman–Crippen LogP) is 1.33. The Kier molecular flexibility index (Phi) is 3.99. The topological polar surface area (TPSA) is 73.6 Å². The third kappa shape index (κ3) is 2.36. The number of methoxy groups -OCH3 is 1. The summed E-state index contributed by atoms with van der Waals surface area (Å²) in [4.78, 5) is 12.6. The molecule has 1 saturated carbocycles. The molecule has 0 spiro atoms. The van der Waals surface area contributed by atoms with Crippen molar-refractivity contribution >= 4 is 5.91 Å². The highest BCUT2D eigenvalue weighted by Crippen LogP contribution is 2.43. The summed E-state index contributed by atoms with van der Waals surface area (Å²) in [5, 5.41) is 7.08. The molecule has 2 heterocycles. The van der Waals surface area contributed by atoms with Crippen LogP contribution in [0.3, 0.4) is 0 Å². The fourth-order valence-corrected chi connectivity index (χ4v) is 3.61. The van der Waals surface area contributed by atoms with Crippen LogP contribution in [0.2, 0.25) is 0 Å². The van der Waals surface area contributed by atoms with Gasteiger partial charge in [0.25, 0.3) is 5.91 Å². The Hall–Kier alpha value is -1.40. The fraction of sp³-hybridized carbons (Fsp3) is 0.733. The number of ether oxygens (including phenoxy) is 2. The second-order valence-corrected chi connectivity index (χ2v) is 5.82. The Labute approximate surface area is 124 Å². The van der Waals surface area contributed by atoms with Crippen LogP contribution < -0.4 is 5.32 Å². The van der Waals surface area contributed by atoms with Gasteiger partial charge in [-0.15, -0.1) is 0 Å². The first-order valence-electron chi connectivity index (χ1n) is 7.53. The second kappa shape index (κ2) is 5.77. The molecule has 0 bridgehead atoms. The Balaban J connectivity index is 1.73. The van der Waals surface area contributed by atoms with Crippen LogP contribution in [0, 0.1) is 18.8 Å². The molecular formula is C15H22N2O4. The minimum Gasteiger partial charge on any atom is -0.384 e. The van der Waals surface area contributed by atoms with Crippen LogP contribution in [0.5, 0.6) is 0 Å². The number of hydrogen-bond donors (Lipinski definition) is 1. The average Bonchev–Trinajstić information content (AvgIpc) is 3.06. The molecule has 0 aromatic carbocycles. The van der Waals surface area contributed by atoms with Gasteiger partial charge in [-0.25, -0.2) is 0 Å². The van der Waals surface area contributed by atoms with E-state index in [9.17, 15) is 4.79 Å². The lowest BCUT2D eigenvalue weighted by Gasteiger charge is -2.47. The highest BCUT2D eigenvalue weighted by molar-refractivity contribution is 5.96. The first-order chi connectivity index (χ1) is 10.2. The van der Waals surface area contributed by atoms with Gasteiger partial charge in [0.2, 0.25) is 0 Å². The van der Waals surface area contributed by atoms with Crippen LogP contribution in [0.25, 0.3) is 0 Å². The van der Waals surface area contributed by atoms with Gasteiger partial charge in [0, 0.05) is 31.6 Å². The van der Waals surface area contributed by atoms with Gasteiger partial charge in [0.1, 0.15) is 11.3 Å². The van der Waals surface area contributed by atoms with E-state index in [4.69, 9.17) is 14.0 Å². The third-order valence-electron chi connectivity index (χ3n) is 4.68. The van der Waals surface area contributed by atoms with E-state index in [0.29, 0.717) is 36.0 Å². The summed E-state index contributed by atoms with van der Waals surface area (Å²) in [5.41, 5.74) is 1.29.